The van der Waals surface area contributed by atoms with Crippen molar-refractivity contribution in [3.05, 3.63) is 0 Å². The molecule has 4 rings (SSSR count). The summed E-state index contributed by atoms with van der Waals surface area (Å²) in [7, 11) is 0. The van der Waals surface area contributed by atoms with Crippen molar-refractivity contribution in [1.29, 1.82) is 0 Å². The van der Waals surface area contributed by atoms with Crippen LogP contribution in [0.5, 0.6) is 0 Å². The first-order valence-corrected chi connectivity index (χ1v) is 8.34. The molecule has 4 fully saturated rings. The molecule has 3 aliphatic heterocycles. The van der Waals surface area contributed by atoms with Crippen molar-refractivity contribution in [3.8, 4) is 0 Å². The Hall–Kier alpha value is -0.0800. The molecule has 3 N–H and O–H groups in total. The number of hydrogen-bond acceptors (Lipinski definition) is 3. The molecule has 3 heterocycles. The van der Waals surface area contributed by atoms with Crippen molar-refractivity contribution in [2.45, 2.75) is 50.6 Å². The van der Waals surface area contributed by atoms with E-state index < -0.39 is 0 Å². The molecule has 6 heteroatoms. The van der Waals surface area contributed by atoms with Gasteiger partial charge >= 0.3 is 0 Å². The quantitative estimate of drug-likeness (QED) is 0.320. The number of halogens is 1. The second-order valence-corrected chi connectivity index (χ2v) is 6.55. The van der Waals surface area contributed by atoms with Crippen LogP contribution in [-0.2, 0) is 0 Å². The van der Waals surface area contributed by atoms with Crippen LogP contribution in [-0.4, -0.2) is 67.1 Å². The van der Waals surface area contributed by atoms with Crippen molar-refractivity contribution >= 4 is 29.9 Å². The van der Waals surface area contributed by atoms with Gasteiger partial charge in [0.05, 0.1) is 6.54 Å². The number of guanidine groups is 1. The first-order valence-electron chi connectivity index (χ1n) is 8.34. The van der Waals surface area contributed by atoms with Gasteiger partial charge < -0.3 is 11.1 Å². The molecule has 0 radical (unpaired) electrons. The van der Waals surface area contributed by atoms with Crippen LogP contribution in [0.1, 0.15) is 38.5 Å². The molecule has 1 aliphatic carbocycles. The van der Waals surface area contributed by atoms with Gasteiger partial charge in [-0.1, -0.05) is 25.7 Å². The number of nitrogens with zero attached hydrogens (tertiary/aromatic N) is 3. The molecule has 1 atom stereocenters. The fourth-order valence-electron chi connectivity index (χ4n) is 3.78. The standard InChI is InChI=1S/C15H29N5.HI/c16-15(18-13-5-3-1-2-4-6-13)17-11-14-12-19-7-9-20(14)10-8-19;/h13-14H,1-12H2,(H3,16,17,18);1H. The Labute approximate surface area is 145 Å². The van der Waals surface area contributed by atoms with Gasteiger partial charge in [-0.2, -0.15) is 0 Å². The zero-order valence-corrected chi connectivity index (χ0v) is 15.3. The number of fused-ring (bicyclic) bond motifs is 3. The molecule has 2 bridgehead atoms. The van der Waals surface area contributed by atoms with E-state index in [4.69, 9.17) is 5.73 Å². The van der Waals surface area contributed by atoms with E-state index in [0.717, 1.165) is 6.54 Å². The molecule has 0 amide bonds. The lowest BCUT2D eigenvalue weighted by Gasteiger charge is -2.47. The lowest BCUT2D eigenvalue weighted by molar-refractivity contribution is 0.0174. The molecule has 122 valence electrons. The Bertz CT molecular complexity index is 333. The molecule has 0 aromatic heterocycles. The predicted molar refractivity (Wildman–Crippen MR) is 98.3 cm³/mol. The van der Waals surface area contributed by atoms with Gasteiger partial charge in [-0.25, -0.2) is 0 Å². The van der Waals surface area contributed by atoms with Crippen molar-refractivity contribution in [2.75, 3.05) is 39.3 Å². The maximum Gasteiger partial charge on any atom is 0.188 e. The second kappa shape index (κ2) is 8.53. The monoisotopic (exact) mass is 407 g/mol. The van der Waals surface area contributed by atoms with Gasteiger partial charge in [0.25, 0.3) is 0 Å². The number of rotatable bonds is 3. The maximum atomic E-state index is 6.08. The molecule has 1 saturated carbocycles. The number of aliphatic imine (C=N–C) groups is 1. The van der Waals surface area contributed by atoms with Crippen LogP contribution in [0.3, 0.4) is 0 Å². The highest BCUT2D eigenvalue weighted by Gasteiger charge is 2.31. The van der Waals surface area contributed by atoms with Crippen molar-refractivity contribution in [2.24, 2.45) is 10.7 Å². The summed E-state index contributed by atoms with van der Waals surface area (Å²) >= 11 is 0. The van der Waals surface area contributed by atoms with E-state index in [2.05, 4.69) is 20.1 Å². The van der Waals surface area contributed by atoms with Gasteiger partial charge in [-0.05, 0) is 12.8 Å². The topological polar surface area (TPSA) is 56.9 Å². The predicted octanol–water partition coefficient (Wildman–Crippen LogP) is 1.23. The van der Waals surface area contributed by atoms with E-state index in [0.29, 0.717) is 18.0 Å². The molecule has 1 unspecified atom stereocenters. The first-order chi connectivity index (χ1) is 9.81. The summed E-state index contributed by atoms with van der Waals surface area (Å²) in [6.45, 7) is 6.89. The summed E-state index contributed by atoms with van der Waals surface area (Å²) in [5.41, 5.74) is 6.08. The Balaban J connectivity index is 0.00000161. The molecule has 0 aromatic rings. The lowest BCUT2D eigenvalue weighted by Crippen LogP contribution is -2.62. The smallest absolute Gasteiger partial charge is 0.188 e. The zero-order valence-electron chi connectivity index (χ0n) is 13.0. The SMILES string of the molecule is I.NC(=NCC1CN2CCN1CC2)NC1CCCCCC1. The minimum Gasteiger partial charge on any atom is -0.370 e. The highest BCUT2D eigenvalue weighted by Crippen LogP contribution is 2.17. The van der Waals surface area contributed by atoms with Gasteiger partial charge in [-0.3, -0.25) is 14.8 Å². The van der Waals surface area contributed by atoms with Gasteiger partial charge in [0.1, 0.15) is 0 Å². The number of nitrogens with two attached hydrogens (primary N) is 1. The summed E-state index contributed by atoms with van der Waals surface area (Å²) in [5, 5.41) is 3.44. The third-order valence-electron chi connectivity index (χ3n) is 5.07. The van der Waals surface area contributed by atoms with Gasteiger partial charge in [0, 0.05) is 44.8 Å². The summed E-state index contributed by atoms with van der Waals surface area (Å²) in [6, 6.07) is 1.13. The average molecular weight is 407 g/mol. The van der Waals surface area contributed by atoms with Crippen LogP contribution in [0.2, 0.25) is 0 Å². The summed E-state index contributed by atoms with van der Waals surface area (Å²) in [5.74, 6) is 0.662. The van der Waals surface area contributed by atoms with Crippen LogP contribution in [0.4, 0.5) is 0 Å². The molecule has 21 heavy (non-hydrogen) atoms. The highest BCUT2D eigenvalue weighted by atomic mass is 127. The Morgan fingerprint density at radius 1 is 1.05 bits per heavy atom. The van der Waals surface area contributed by atoms with Gasteiger partial charge in [0.15, 0.2) is 5.96 Å². The third kappa shape index (κ3) is 4.96. The van der Waals surface area contributed by atoms with Crippen LogP contribution in [0, 0.1) is 0 Å². The van der Waals surface area contributed by atoms with E-state index >= 15 is 0 Å². The van der Waals surface area contributed by atoms with Crippen molar-refractivity contribution in [1.82, 2.24) is 15.1 Å². The van der Waals surface area contributed by atoms with E-state index in [1.807, 2.05) is 0 Å². The van der Waals surface area contributed by atoms with Gasteiger partial charge in [0.2, 0.25) is 0 Å². The maximum absolute atomic E-state index is 6.08. The van der Waals surface area contributed by atoms with E-state index in [-0.39, 0.29) is 24.0 Å². The molecule has 0 spiro atoms. The summed E-state index contributed by atoms with van der Waals surface area (Å²) < 4.78 is 0. The molecule has 5 nitrogen and oxygen atoms in total. The minimum absolute atomic E-state index is 0. The third-order valence-corrected chi connectivity index (χ3v) is 5.07. The lowest BCUT2D eigenvalue weighted by atomic mass is 10.1. The van der Waals surface area contributed by atoms with Crippen molar-refractivity contribution < 1.29 is 0 Å². The largest absolute Gasteiger partial charge is 0.370 e. The normalized spacial score (nSPS) is 34.1. The summed E-state index contributed by atoms with van der Waals surface area (Å²) in [4.78, 5) is 9.73. The van der Waals surface area contributed by atoms with Crippen LogP contribution >= 0.6 is 24.0 Å². The first kappa shape index (κ1) is 17.3. The molecule has 3 saturated heterocycles. The molecule has 0 aromatic carbocycles. The zero-order chi connectivity index (χ0) is 13.8. The van der Waals surface area contributed by atoms with E-state index in [1.54, 1.807) is 0 Å². The van der Waals surface area contributed by atoms with Crippen molar-refractivity contribution in [3.63, 3.8) is 0 Å². The number of nitrogens with one attached hydrogen (secondary N) is 1. The number of hydrogen-bond donors (Lipinski definition) is 2. The summed E-state index contributed by atoms with van der Waals surface area (Å²) in [6.07, 6.45) is 7.91. The van der Waals surface area contributed by atoms with Crippen LogP contribution < -0.4 is 11.1 Å². The van der Waals surface area contributed by atoms with Gasteiger partial charge in [-0.15, -0.1) is 24.0 Å². The molecular formula is C15H30IN5. The minimum atomic E-state index is 0. The Morgan fingerprint density at radius 3 is 2.29 bits per heavy atom. The Kier molecular flexibility index (Phi) is 7.01. The highest BCUT2D eigenvalue weighted by molar-refractivity contribution is 14.0. The number of piperazine rings is 3. The fraction of sp³-hybridized carbons (Fsp3) is 0.933. The molecule has 4 aliphatic rings. The average Bonchev–Trinajstić information content (AvgIpc) is 2.75. The van der Waals surface area contributed by atoms with Crippen LogP contribution in [0.15, 0.2) is 4.99 Å². The second-order valence-electron chi connectivity index (χ2n) is 6.55. The van der Waals surface area contributed by atoms with Crippen LogP contribution in [0.25, 0.3) is 0 Å². The molecular weight excluding hydrogens is 377 g/mol. The van der Waals surface area contributed by atoms with E-state index in [1.165, 1.54) is 71.2 Å². The fourth-order valence-corrected chi connectivity index (χ4v) is 3.78. The van der Waals surface area contributed by atoms with E-state index in [9.17, 15) is 0 Å². The Morgan fingerprint density at radius 2 is 1.71 bits per heavy atom.